The van der Waals surface area contributed by atoms with Gasteiger partial charge in [-0.15, -0.1) is 0 Å². The van der Waals surface area contributed by atoms with E-state index in [9.17, 15) is 5.11 Å². The number of quaternary nitrogens is 1. The lowest BCUT2D eigenvalue weighted by Crippen LogP contribution is -3.04. The summed E-state index contributed by atoms with van der Waals surface area (Å²) < 4.78 is 5.39. The molecule has 2 aromatic carbocycles. The standard InChI is InChI=1S/C19H24N2O2/c1-4-23-18-11-7-10-16(19(18)22)13-20-12-15-8-5-6-9-17(15)14-21(2)3/h5-11,13,22H,4,12,14H2,1-3H3/p+1. The summed E-state index contributed by atoms with van der Waals surface area (Å²) in [6.07, 6.45) is 1.71. The third kappa shape index (κ3) is 4.83. The molecule has 0 atom stereocenters. The number of hydrogen-bond donors (Lipinski definition) is 2. The predicted octanol–water partition coefficient (Wildman–Crippen LogP) is 2.05. The van der Waals surface area contributed by atoms with Crippen LogP contribution in [0.2, 0.25) is 0 Å². The van der Waals surface area contributed by atoms with Crippen LogP contribution in [0, 0.1) is 0 Å². The number of hydrogen-bond acceptors (Lipinski definition) is 3. The van der Waals surface area contributed by atoms with Gasteiger partial charge in [0.2, 0.25) is 0 Å². The van der Waals surface area contributed by atoms with E-state index >= 15 is 0 Å². The Balaban J connectivity index is 2.12. The van der Waals surface area contributed by atoms with E-state index in [1.165, 1.54) is 16.0 Å². The van der Waals surface area contributed by atoms with Crippen LogP contribution in [0.5, 0.6) is 11.5 Å². The average molecular weight is 313 g/mol. The van der Waals surface area contributed by atoms with Crippen LogP contribution in [-0.2, 0) is 13.1 Å². The zero-order chi connectivity index (χ0) is 16.7. The molecule has 0 aliphatic heterocycles. The van der Waals surface area contributed by atoms with Gasteiger partial charge in [-0.25, -0.2) is 0 Å². The van der Waals surface area contributed by atoms with Crippen molar-refractivity contribution < 1.29 is 14.7 Å². The number of nitrogens with zero attached hydrogens (tertiary/aromatic N) is 1. The van der Waals surface area contributed by atoms with Crippen LogP contribution in [0.3, 0.4) is 0 Å². The first kappa shape index (κ1) is 17.0. The van der Waals surface area contributed by atoms with Gasteiger partial charge < -0.3 is 14.7 Å². The Morgan fingerprint density at radius 1 is 1.09 bits per heavy atom. The molecule has 0 saturated heterocycles. The van der Waals surface area contributed by atoms with Crippen LogP contribution in [0.1, 0.15) is 23.6 Å². The first-order valence-corrected chi connectivity index (χ1v) is 7.92. The Kier molecular flexibility index (Phi) is 6.18. The van der Waals surface area contributed by atoms with Crippen molar-refractivity contribution >= 4 is 6.21 Å². The van der Waals surface area contributed by atoms with Crippen molar-refractivity contribution in [3.63, 3.8) is 0 Å². The highest BCUT2D eigenvalue weighted by molar-refractivity contribution is 5.84. The topological polar surface area (TPSA) is 46.3 Å². The summed E-state index contributed by atoms with van der Waals surface area (Å²) >= 11 is 0. The third-order valence-electron chi connectivity index (χ3n) is 3.48. The lowest BCUT2D eigenvalue weighted by molar-refractivity contribution is -0.872. The largest absolute Gasteiger partial charge is 0.504 e. The van der Waals surface area contributed by atoms with E-state index in [1.807, 2.05) is 25.1 Å². The zero-order valence-electron chi connectivity index (χ0n) is 14.0. The van der Waals surface area contributed by atoms with Gasteiger partial charge in [-0.1, -0.05) is 30.3 Å². The van der Waals surface area contributed by atoms with E-state index in [1.54, 1.807) is 12.3 Å². The molecule has 2 aromatic rings. The summed E-state index contributed by atoms with van der Waals surface area (Å²) in [5.41, 5.74) is 3.19. The Hall–Kier alpha value is -2.33. The maximum Gasteiger partial charge on any atom is 0.166 e. The van der Waals surface area contributed by atoms with Crippen molar-refractivity contribution in [2.75, 3.05) is 20.7 Å². The van der Waals surface area contributed by atoms with Gasteiger partial charge in [0.05, 0.1) is 27.2 Å². The van der Waals surface area contributed by atoms with Crippen molar-refractivity contribution in [2.24, 2.45) is 4.99 Å². The second kappa shape index (κ2) is 8.34. The molecule has 4 nitrogen and oxygen atoms in total. The normalized spacial score (nSPS) is 11.3. The molecule has 2 N–H and O–H groups in total. The molecule has 0 aromatic heterocycles. The molecule has 0 unspecified atom stereocenters. The lowest BCUT2D eigenvalue weighted by atomic mass is 10.1. The first-order valence-electron chi connectivity index (χ1n) is 7.92. The molecule has 4 heteroatoms. The quantitative estimate of drug-likeness (QED) is 0.769. The third-order valence-corrected chi connectivity index (χ3v) is 3.48. The number of phenolic OH excluding ortho intramolecular Hbond substituents is 1. The molecule has 0 aliphatic rings. The van der Waals surface area contributed by atoms with Gasteiger partial charge in [0.25, 0.3) is 0 Å². The molecular weight excluding hydrogens is 288 g/mol. The van der Waals surface area contributed by atoms with Crippen molar-refractivity contribution in [2.45, 2.75) is 20.0 Å². The van der Waals surface area contributed by atoms with Gasteiger partial charge in [0.1, 0.15) is 6.54 Å². The van der Waals surface area contributed by atoms with E-state index in [2.05, 4.69) is 37.3 Å². The summed E-state index contributed by atoms with van der Waals surface area (Å²) in [7, 11) is 4.27. The summed E-state index contributed by atoms with van der Waals surface area (Å²) in [5, 5.41) is 10.2. The number of nitrogens with one attached hydrogen (secondary N) is 1. The highest BCUT2D eigenvalue weighted by Gasteiger charge is 2.07. The summed E-state index contributed by atoms with van der Waals surface area (Å²) in [6, 6.07) is 13.8. The fourth-order valence-electron chi connectivity index (χ4n) is 2.42. The van der Waals surface area contributed by atoms with Crippen LogP contribution in [0.4, 0.5) is 0 Å². The van der Waals surface area contributed by atoms with Crippen LogP contribution in [0.15, 0.2) is 47.5 Å². The number of benzene rings is 2. The van der Waals surface area contributed by atoms with E-state index in [4.69, 9.17) is 4.74 Å². The second-order valence-corrected chi connectivity index (χ2v) is 5.75. The number of ether oxygens (including phenoxy) is 1. The molecule has 0 radical (unpaired) electrons. The van der Waals surface area contributed by atoms with Gasteiger partial charge in [0, 0.05) is 17.3 Å². The maximum atomic E-state index is 10.2. The van der Waals surface area contributed by atoms with Crippen LogP contribution in [-0.4, -0.2) is 32.0 Å². The molecule has 122 valence electrons. The minimum Gasteiger partial charge on any atom is -0.504 e. The number of aromatic hydroxyl groups is 1. The van der Waals surface area contributed by atoms with E-state index in [0.717, 1.165) is 6.54 Å². The molecule has 0 fully saturated rings. The Morgan fingerprint density at radius 2 is 1.83 bits per heavy atom. The van der Waals surface area contributed by atoms with Crippen LogP contribution >= 0.6 is 0 Å². The highest BCUT2D eigenvalue weighted by atomic mass is 16.5. The number of aliphatic imine (C=N–C) groups is 1. The Labute approximate surface area is 138 Å². The number of phenols is 1. The van der Waals surface area contributed by atoms with Crippen molar-refractivity contribution in [1.82, 2.24) is 0 Å². The van der Waals surface area contributed by atoms with Gasteiger partial charge in [-0.05, 0) is 24.6 Å². The van der Waals surface area contributed by atoms with Crippen LogP contribution in [0.25, 0.3) is 0 Å². The van der Waals surface area contributed by atoms with E-state index in [0.29, 0.717) is 24.5 Å². The van der Waals surface area contributed by atoms with E-state index in [-0.39, 0.29) is 5.75 Å². The fraction of sp³-hybridized carbons (Fsp3) is 0.316. The average Bonchev–Trinajstić information content (AvgIpc) is 2.52. The SMILES string of the molecule is CCOc1cccc(C=NCc2ccccc2C[NH+](C)C)c1O. The van der Waals surface area contributed by atoms with Crippen molar-refractivity contribution in [1.29, 1.82) is 0 Å². The molecule has 0 amide bonds. The molecule has 0 bridgehead atoms. The zero-order valence-corrected chi connectivity index (χ0v) is 14.0. The lowest BCUT2D eigenvalue weighted by Gasteiger charge is -2.11. The van der Waals surface area contributed by atoms with Gasteiger partial charge >= 0.3 is 0 Å². The van der Waals surface area contributed by atoms with Crippen molar-refractivity contribution in [3.05, 3.63) is 59.2 Å². The molecular formula is C19H25N2O2+. The molecule has 2 rings (SSSR count). The fourth-order valence-corrected chi connectivity index (χ4v) is 2.42. The number of rotatable bonds is 7. The molecule has 0 heterocycles. The molecule has 0 saturated carbocycles. The Morgan fingerprint density at radius 3 is 2.52 bits per heavy atom. The van der Waals surface area contributed by atoms with E-state index < -0.39 is 0 Å². The van der Waals surface area contributed by atoms with Gasteiger partial charge in [0.15, 0.2) is 11.5 Å². The summed E-state index contributed by atoms with van der Waals surface area (Å²) in [6.45, 7) is 3.98. The van der Waals surface area contributed by atoms with Crippen LogP contribution < -0.4 is 9.64 Å². The molecule has 0 aliphatic carbocycles. The second-order valence-electron chi connectivity index (χ2n) is 5.75. The summed E-state index contributed by atoms with van der Waals surface area (Å²) in [5.74, 6) is 0.636. The smallest absolute Gasteiger partial charge is 0.166 e. The monoisotopic (exact) mass is 313 g/mol. The number of para-hydroxylation sites is 1. The first-order chi connectivity index (χ1) is 11.1. The minimum atomic E-state index is 0.143. The maximum absolute atomic E-state index is 10.2. The molecule has 0 spiro atoms. The Bertz CT molecular complexity index is 666. The molecule has 23 heavy (non-hydrogen) atoms. The van der Waals surface area contributed by atoms with Gasteiger partial charge in [-0.2, -0.15) is 0 Å². The van der Waals surface area contributed by atoms with Crippen molar-refractivity contribution in [3.8, 4) is 11.5 Å². The summed E-state index contributed by atoms with van der Waals surface area (Å²) in [4.78, 5) is 5.87. The minimum absolute atomic E-state index is 0.143. The highest BCUT2D eigenvalue weighted by Crippen LogP contribution is 2.28. The predicted molar refractivity (Wildman–Crippen MR) is 93.5 cm³/mol. The van der Waals surface area contributed by atoms with Gasteiger partial charge in [-0.3, -0.25) is 4.99 Å².